The standard InChI is InChI=1S/C19H14BrClN2O4/c1-26-16-7-4-11(20)9-13(16)18(24)22-12-5-6-15(14(21)10-12)23-19(25)17-3-2-8-27-17/h2-10H,1H3,(H,22,24)(H,23,25). The number of anilines is 2. The van der Waals surface area contributed by atoms with Gasteiger partial charge in [-0.05, 0) is 48.5 Å². The van der Waals surface area contributed by atoms with Gasteiger partial charge in [-0.2, -0.15) is 0 Å². The van der Waals surface area contributed by atoms with Crippen LogP contribution in [0.3, 0.4) is 0 Å². The summed E-state index contributed by atoms with van der Waals surface area (Å²) in [6.07, 6.45) is 1.41. The number of carbonyl (C=O) groups is 2. The molecule has 0 radical (unpaired) electrons. The van der Waals surface area contributed by atoms with Gasteiger partial charge in [-0.3, -0.25) is 9.59 Å². The Kier molecular flexibility index (Phi) is 5.83. The molecule has 3 aromatic rings. The highest BCUT2D eigenvalue weighted by Crippen LogP contribution is 2.28. The van der Waals surface area contributed by atoms with Crippen molar-refractivity contribution in [3.05, 3.63) is 75.6 Å². The van der Waals surface area contributed by atoms with Crippen LogP contribution >= 0.6 is 27.5 Å². The average Bonchev–Trinajstić information content (AvgIpc) is 3.18. The first-order valence-electron chi connectivity index (χ1n) is 7.77. The van der Waals surface area contributed by atoms with Gasteiger partial charge in [0.15, 0.2) is 5.76 Å². The summed E-state index contributed by atoms with van der Waals surface area (Å²) in [5.74, 6) is -0.150. The lowest BCUT2D eigenvalue weighted by Gasteiger charge is -2.11. The second-order valence-electron chi connectivity index (χ2n) is 5.42. The molecule has 1 heterocycles. The predicted octanol–water partition coefficient (Wildman–Crippen LogP) is 5.21. The topological polar surface area (TPSA) is 80.6 Å². The highest BCUT2D eigenvalue weighted by atomic mass is 79.9. The number of benzene rings is 2. The summed E-state index contributed by atoms with van der Waals surface area (Å²) in [4.78, 5) is 24.6. The van der Waals surface area contributed by atoms with Crippen molar-refractivity contribution in [3.8, 4) is 5.75 Å². The Morgan fingerprint density at radius 3 is 2.56 bits per heavy atom. The maximum Gasteiger partial charge on any atom is 0.291 e. The summed E-state index contributed by atoms with van der Waals surface area (Å²) in [5, 5.41) is 5.67. The van der Waals surface area contributed by atoms with Crippen LogP contribution in [0.2, 0.25) is 5.02 Å². The first kappa shape index (κ1) is 19.0. The van der Waals surface area contributed by atoms with Crippen LogP contribution in [0.25, 0.3) is 0 Å². The second kappa shape index (κ2) is 8.28. The minimum absolute atomic E-state index is 0.171. The molecule has 2 amide bonds. The van der Waals surface area contributed by atoms with Crippen LogP contribution in [0, 0.1) is 0 Å². The monoisotopic (exact) mass is 448 g/mol. The quantitative estimate of drug-likeness (QED) is 0.560. The van der Waals surface area contributed by atoms with Gasteiger partial charge in [0, 0.05) is 10.2 Å². The minimum Gasteiger partial charge on any atom is -0.496 e. The average molecular weight is 450 g/mol. The number of hydrogen-bond donors (Lipinski definition) is 2. The van der Waals surface area contributed by atoms with Crippen LogP contribution in [0.5, 0.6) is 5.75 Å². The normalized spacial score (nSPS) is 10.3. The Hall–Kier alpha value is -2.77. The number of ether oxygens (including phenoxy) is 1. The van der Waals surface area contributed by atoms with Crippen LogP contribution in [0.1, 0.15) is 20.9 Å². The summed E-state index contributed by atoms with van der Waals surface area (Å²) in [7, 11) is 1.49. The zero-order chi connectivity index (χ0) is 19.4. The molecule has 6 nitrogen and oxygen atoms in total. The van der Waals surface area contributed by atoms with E-state index in [1.165, 1.54) is 13.4 Å². The van der Waals surface area contributed by atoms with E-state index in [0.717, 1.165) is 4.47 Å². The third-order valence-electron chi connectivity index (χ3n) is 3.63. The van der Waals surface area contributed by atoms with E-state index in [-0.39, 0.29) is 16.7 Å². The van der Waals surface area contributed by atoms with Crippen molar-refractivity contribution in [2.45, 2.75) is 0 Å². The fraction of sp³-hybridized carbons (Fsp3) is 0.0526. The van der Waals surface area contributed by atoms with Gasteiger partial charge in [0.2, 0.25) is 0 Å². The van der Waals surface area contributed by atoms with Gasteiger partial charge < -0.3 is 19.8 Å². The summed E-state index contributed by atoms with van der Waals surface area (Å²) < 4.78 is 11.0. The van der Waals surface area contributed by atoms with Gasteiger partial charge in [0.05, 0.1) is 29.6 Å². The molecular weight excluding hydrogens is 436 g/mol. The van der Waals surface area contributed by atoms with Crippen molar-refractivity contribution in [2.24, 2.45) is 0 Å². The van der Waals surface area contributed by atoms with Crippen LogP contribution in [0.15, 0.2) is 63.7 Å². The SMILES string of the molecule is COc1ccc(Br)cc1C(=O)Nc1ccc(NC(=O)c2ccco2)c(Cl)c1. The number of nitrogens with one attached hydrogen (secondary N) is 2. The molecular formula is C19H14BrClN2O4. The number of furan rings is 1. The van der Waals surface area contributed by atoms with Crippen LogP contribution in [-0.2, 0) is 0 Å². The summed E-state index contributed by atoms with van der Waals surface area (Å²) in [6.45, 7) is 0. The molecule has 0 spiro atoms. The largest absolute Gasteiger partial charge is 0.496 e. The van der Waals surface area contributed by atoms with Crippen molar-refractivity contribution in [1.29, 1.82) is 0 Å². The smallest absolute Gasteiger partial charge is 0.291 e. The third kappa shape index (κ3) is 4.50. The molecule has 0 saturated carbocycles. The van der Waals surface area contributed by atoms with Crippen molar-refractivity contribution < 1.29 is 18.7 Å². The van der Waals surface area contributed by atoms with E-state index in [9.17, 15) is 9.59 Å². The molecule has 2 aromatic carbocycles. The van der Waals surface area contributed by atoms with E-state index in [2.05, 4.69) is 26.6 Å². The van der Waals surface area contributed by atoms with Crippen LogP contribution < -0.4 is 15.4 Å². The molecule has 1 aromatic heterocycles. The Labute approximate surface area is 168 Å². The number of rotatable bonds is 5. The zero-order valence-electron chi connectivity index (χ0n) is 14.1. The molecule has 0 aliphatic heterocycles. The summed E-state index contributed by atoms with van der Waals surface area (Å²) >= 11 is 9.55. The molecule has 27 heavy (non-hydrogen) atoms. The lowest BCUT2D eigenvalue weighted by atomic mass is 10.2. The van der Waals surface area contributed by atoms with Gasteiger partial charge in [-0.1, -0.05) is 27.5 Å². The summed E-state index contributed by atoms with van der Waals surface area (Å²) in [5.41, 5.74) is 1.25. The number of amides is 2. The van der Waals surface area contributed by atoms with Crippen LogP contribution in [0.4, 0.5) is 11.4 Å². The molecule has 0 unspecified atom stereocenters. The van der Waals surface area contributed by atoms with E-state index in [1.807, 2.05) is 0 Å². The Morgan fingerprint density at radius 2 is 1.89 bits per heavy atom. The fourth-order valence-corrected chi connectivity index (χ4v) is 2.93. The third-order valence-corrected chi connectivity index (χ3v) is 4.43. The first-order valence-corrected chi connectivity index (χ1v) is 8.94. The second-order valence-corrected chi connectivity index (χ2v) is 6.75. The Balaban J connectivity index is 1.75. The van der Waals surface area contributed by atoms with Crippen molar-refractivity contribution in [2.75, 3.05) is 17.7 Å². The van der Waals surface area contributed by atoms with E-state index in [1.54, 1.807) is 48.5 Å². The number of methoxy groups -OCH3 is 1. The maximum absolute atomic E-state index is 12.5. The van der Waals surface area contributed by atoms with E-state index < -0.39 is 5.91 Å². The first-order chi connectivity index (χ1) is 13.0. The van der Waals surface area contributed by atoms with Crippen molar-refractivity contribution in [3.63, 3.8) is 0 Å². The number of halogens is 2. The zero-order valence-corrected chi connectivity index (χ0v) is 16.4. The summed E-state index contributed by atoms with van der Waals surface area (Å²) in [6, 6.07) is 13.1. The lowest BCUT2D eigenvalue weighted by molar-refractivity contribution is 0.0994. The number of carbonyl (C=O) groups excluding carboxylic acids is 2. The molecule has 138 valence electrons. The predicted molar refractivity (Wildman–Crippen MR) is 107 cm³/mol. The van der Waals surface area contributed by atoms with Gasteiger partial charge in [-0.25, -0.2) is 0 Å². The molecule has 3 rings (SSSR count). The molecule has 0 aliphatic rings. The molecule has 0 saturated heterocycles. The van der Waals surface area contributed by atoms with Gasteiger partial charge >= 0.3 is 0 Å². The fourth-order valence-electron chi connectivity index (χ4n) is 2.34. The molecule has 0 atom stereocenters. The van der Waals surface area contributed by atoms with Crippen molar-refractivity contribution in [1.82, 2.24) is 0 Å². The van der Waals surface area contributed by atoms with E-state index in [0.29, 0.717) is 22.7 Å². The molecule has 8 heteroatoms. The highest BCUT2D eigenvalue weighted by molar-refractivity contribution is 9.10. The number of hydrogen-bond acceptors (Lipinski definition) is 4. The maximum atomic E-state index is 12.5. The Morgan fingerprint density at radius 1 is 1.07 bits per heavy atom. The minimum atomic E-state index is -0.419. The highest BCUT2D eigenvalue weighted by Gasteiger charge is 2.15. The van der Waals surface area contributed by atoms with E-state index >= 15 is 0 Å². The Bertz CT molecular complexity index is 989. The molecule has 0 fully saturated rings. The molecule has 0 aliphatic carbocycles. The van der Waals surface area contributed by atoms with Crippen LogP contribution in [-0.4, -0.2) is 18.9 Å². The molecule has 0 bridgehead atoms. The van der Waals surface area contributed by atoms with Crippen molar-refractivity contribution >= 4 is 50.7 Å². The molecule has 2 N–H and O–H groups in total. The lowest BCUT2D eigenvalue weighted by Crippen LogP contribution is -2.14. The van der Waals surface area contributed by atoms with Gasteiger partial charge in [0.25, 0.3) is 11.8 Å². The van der Waals surface area contributed by atoms with Gasteiger partial charge in [0.1, 0.15) is 5.75 Å². The van der Waals surface area contributed by atoms with Gasteiger partial charge in [-0.15, -0.1) is 0 Å². The van der Waals surface area contributed by atoms with E-state index in [4.69, 9.17) is 20.8 Å².